The monoisotopic (exact) mass is 231 g/mol. The van der Waals surface area contributed by atoms with Crippen LogP contribution < -0.4 is 5.73 Å². The predicted octanol–water partition coefficient (Wildman–Crippen LogP) is 0.763. The van der Waals surface area contributed by atoms with Crippen molar-refractivity contribution in [2.24, 2.45) is 12.8 Å². The van der Waals surface area contributed by atoms with Crippen molar-refractivity contribution >= 4 is 17.6 Å². The summed E-state index contributed by atoms with van der Waals surface area (Å²) in [5, 5.41) is 9.19. The third-order valence-electron chi connectivity index (χ3n) is 2.55. The Hall–Kier alpha value is -1.07. The van der Waals surface area contributed by atoms with Gasteiger partial charge in [0.15, 0.2) is 5.15 Å². The van der Waals surface area contributed by atoms with E-state index in [2.05, 4.69) is 4.98 Å². The normalized spacial score (nSPS) is 13.9. The largest absolute Gasteiger partial charge is 0.480 e. The lowest BCUT2D eigenvalue weighted by Crippen LogP contribution is -2.47. The van der Waals surface area contributed by atoms with Crippen molar-refractivity contribution < 1.29 is 9.90 Å². The Morgan fingerprint density at radius 2 is 2.27 bits per heavy atom. The number of carboxylic acid groups (broad SMARTS) is 1. The van der Waals surface area contributed by atoms with Crippen molar-refractivity contribution in [1.82, 2.24) is 9.55 Å². The molecule has 6 heteroatoms. The number of halogens is 1. The topological polar surface area (TPSA) is 81.1 Å². The molecule has 0 aliphatic heterocycles. The number of nitrogens with zero attached hydrogens (tertiary/aromatic N) is 2. The standard InChI is InChI=1S/C9H14ClN3O2/c1-9(2,5(11)8(14)15)6-7(10)12-4-13(6)3/h4-5H,11H2,1-3H3,(H,14,15). The SMILES string of the molecule is Cn1cnc(Cl)c1C(C)(C)C(N)C(=O)O. The van der Waals surface area contributed by atoms with Gasteiger partial charge in [-0.1, -0.05) is 25.4 Å². The van der Waals surface area contributed by atoms with E-state index >= 15 is 0 Å². The molecule has 1 unspecified atom stereocenters. The maximum atomic E-state index is 10.9. The van der Waals surface area contributed by atoms with E-state index in [1.54, 1.807) is 25.5 Å². The van der Waals surface area contributed by atoms with Gasteiger partial charge in [0.2, 0.25) is 0 Å². The van der Waals surface area contributed by atoms with Gasteiger partial charge in [0.1, 0.15) is 6.04 Å². The van der Waals surface area contributed by atoms with E-state index in [4.69, 9.17) is 22.4 Å². The Morgan fingerprint density at radius 1 is 1.73 bits per heavy atom. The van der Waals surface area contributed by atoms with E-state index in [1.165, 1.54) is 6.33 Å². The third kappa shape index (κ3) is 1.98. The molecular weight excluding hydrogens is 218 g/mol. The van der Waals surface area contributed by atoms with Gasteiger partial charge in [0.25, 0.3) is 0 Å². The second-order valence-electron chi connectivity index (χ2n) is 4.03. The minimum absolute atomic E-state index is 0.291. The van der Waals surface area contributed by atoms with Crippen molar-refractivity contribution in [1.29, 1.82) is 0 Å². The summed E-state index contributed by atoms with van der Waals surface area (Å²) in [6.07, 6.45) is 1.54. The minimum Gasteiger partial charge on any atom is -0.480 e. The van der Waals surface area contributed by atoms with Crippen LogP contribution in [-0.4, -0.2) is 26.7 Å². The number of nitrogens with two attached hydrogens (primary N) is 1. The Bertz CT molecular complexity index is 367. The van der Waals surface area contributed by atoms with Crippen molar-refractivity contribution in [3.8, 4) is 0 Å². The van der Waals surface area contributed by atoms with Crippen LogP contribution in [0, 0.1) is 0 Å². The third-order valence-corrected chi connectivity index (χ3v) is 2.82. The smallest absolute Gasteiger partial charge is 0.321 e. The number of imidazole rings is 1. The fraction of sp³-hybridized carbons (Fsp3) is 0.556. The van der Waals surface area contributed by atoms with Crippen molar-refractivity contribution in [2.45, 2.75) is 25.3 Å². The molecule has 1 heterocycles. The number of aliphatic carboxylic acids is 1. The summed E-state index contributed by atoms with van der Waals surface area (Å²) in [7, 11) is 1.75. The van der Waals surface area contributed by atoms with Crippen LogP contribution in [0.5, 0.6) is 0 Å². The zero-order valence-corrected chi connectivity index (χ0v) is 9.62. The van der Waals surface area contributed by atoms with Crippen molar-refractivity contribution in [3.63, 3.8) is 0 Å². The number of aryl methyl sites for hydroxylation is 1. The van der Waals surface area contributed by atoms with Gasteiger partial charge >= 0.3 is 5.97 Å². The molecule has 3 N–H and O–H groups in total. The van der Waals surface area contributed by atoms with Gasteiger partial charge in [0.05, 0.1) is 12.0 Å². The summed E-state index contributed by atoms with van der Waals surface area (Å²) in [5.74, 6) is -1.06. The zero-order valence-electron chi connectivity index (χ0n) is 8.86. The quantitative estimate of drug-likeness (QED) is 0.805. The molecule has 0 saturated carbocycles. The summed E-state index contributed by atoms with van der Waals surface area (Å²) in [6.45, 7) is 3.46. The summed E-state index contributed by atoms with van der Waals surface area (Å²) in [4.78, 5) is 14.8. The molecule has 0 amide bonds. The summed E-state index contributed by atoms with van der Waals surface area (Å²) < 4.78 is 1.69. The molecule has 1 rings (SSSR count). The van der Waals surface area contributed by atoms with E-state index in [0.29, 0.717) is 10.8 Å². The van der Waals surface area contributed by atoms with Crippen LogP contribution in [0.25, 0.3) is 0 Å². The van der Waals surface area contributed by atoms with Gasteiger partial charge in [-0.05, 0) is 0 Å². The average Bonchev–Trinajstić information content (AvgIpc) is 2.44. The van der Waals surface area contributed by atoms with Crippen LogP contribution in [0.4, 0.5) is 0 Å². The maximum absolute atomic E-state index is 10.9. The second-order valence-corrected chi connectivity index (χ2v) is 4.39. The first-order valence-electron chi connectivity index (χ1n) is 4.44. The lowest BCUT2D eigenvalue weighted by atomic mass is 9.82. The molecule has 1 aromatic rings. The van der Waals surface area contributed by atoms with Gasteiger partial charge < -0.3 is 15.4 Å². The van der Waals surface area contributed by atoms with Gasteiger partial charge in [-0.25, -0.2) is 4.98 Å². The molecule has 0 aliphatic rings. The van der Waals surface area contributed by atoms with Gasteiger partial charge in [-0.3, -0.25) is 4.79 Å². The molecule has 0 bridgehead atoms. The molecule has 1 atom stereocenters. The molecule has 5 nitrogen and oxygen atoms in total. The number of rotatable bonds is 3. The highest BCUT2D eigenvalue weighted by atomic mass is 35.5. The van der Waals surface area contributed by atoms with Crippen LogP contribution in [0.15, 0.2) is 6.33 Å². The predicted molar refractivity (Wildman–Crippen MR) is 56.9 cm³/mol. The van der Waals surface area contributed by atoms with E-state index < -0.39 is 17.4 Å². The first-order valence-corrected chi connectivity index (χ1v) is 4.82. The highest BCUT2D eigenvalue weighted by Crippen LogP contribution is 2.30. The van der Waals surface area contributed by atoms with Crippen LogP contribution in [0.2, 0.25) is 5.15 Å². The Balaban J connectivity index is 3.21. The van der Waals surface area contributed by atoms with Gasteiger partial charge in [0, 0.05) is 12.5 Å². The number of hydrogen-bond donors (Lipinski definition) is 2. The number of aromatic nitrogens is 2. The van der Waals surface area contributed by atoms with E-state index in [0.717, 1.165) is 0 Å². The molecule has 0 saturated heterocycles. The first-order chi connectivity index (χ1) is 6.78. The highest BCUT2D eigenvalue weighted by molar-refractivity contribution is 6.30. The molecule has 0 aliphatic carbocycles. The van der Waals surface area contributed by atoms with Crippen LogP contribution in [0.1, 0.15) is 19.5 Å². The van der Waals surface area contributed by atoms with E-state index in [9.17, 15) is 4.79 Å². The van der Waals surface area contributed by atoms with Crippen LogP contribution >= 0.6 is 11.6 Å². The lowest BCUT2D eigenvalue weighted by molar-refractivity contribution is -0.140. The Kier molecular flexibility index (Phi) is 3.06. The molecule has 1 aromatic heterocycles. The molecular formula is C9H14ClN3O2. The molecule has 0 radical (unpaired) electrons. The minimum atomic E-state index is -1.06. The summed E-state index contributed by atoms with van der Waals surface area (Å²) in [5.41, 5.74) is 5.48. The average molecular weight is 232 g/mol. The van der Waals surface area contributed by atoms with Crippen LogP contribution in [0.3, 0.4) is 0 Å². The Labute approximate surface area is 92.9 Å². The van der Waals surface area contributed by atoms with Gasteiger partial charge in [-0.15, -0.1) is 0 Å². The molecule has 0 spiro atoms. The van der Waals surface area contributed by atoms with Gasteiger partial charge in [-0.2, -0.15) is 0 Å². The fourth-order valence-electron chi connectivity index (χ4n) is 1.58. The summed E-state index contributed by atoms with van der Waals surface area (Å²) >= 11 is 5.90. The molecule has 0 fully saturated rings. The zero-order chi connectivity index (χ0) is 11.8. The molecule has 84 valence electrons. The maximum Gasteiger partial charge on any atom is 0.321 e. The van der Waals surface area contributed by atoms with Crippen molar-refractivity contribution in [2.75, 3.05) is 0 Å². The number of hydrogen-bond acceptors (Lipinski definition) is 3. The number of carbonyl (C=O) groups is 1. The first kappa shape index (κ1) is 12.0. The summed E-state index contributed by atoms with van der Waals surface area (Å²) in [6, 6.07) is -1.02. The number of carboxylic acids is 1. The second kappa shape index (κ2) is 3.83. The lowest BCUT2D eigenvalue weighted by Gasteiger charge is -2.29. The van der Waals surface area contributed by atoms with E-state index in [-0.39, 0.29) is 0 Å². The van der Waals surface area contributed by atoms with Crippen molar-refractivity contribution in [3.05, 3.63) is 17.2 Å². The Morgan fingerprint density at radius 3 is 2.60 bits per heavy atom. The highest BCUT2D eigenvalue weighted by Gasteiger charge is 2.37. The fourth-order valence-corrected chi connectivity index (χ4v) is 2.00. The molecule has 15 heavy (non-hydrogen) atoms. The van der Waals surface area contributed by atoms with E-state index in [1.807, 2.05) is 0 Å². The van der Waals surface area contributed by atoms with Crippen LogP contribution in [-0.2, 0) is 17.3 Å². The molecule has 0 aromatic carbocycles.